The van der Waals surface area contributed by atoms with Crippen molar-refractivity contribution in [2.75, 3.05) is 14.2 Å². The maximum absolute atomic E-state index is 5.61. The van der Waals surface area contributed by atoms with Gasteiger partial charge in [0.05, 0.1) is 0 Å². The van der Waals surface area contributed by atoms with Gasteiger partial charge in [-0.25, -0.2) is 0 Å². The van der Waals surface area contributed by atoms with E-state index >= 15 is 0 Å². The van der Waals surface area contributed by atoms with Crippen LogP contribution in [0.25, 0.3) is 0 Å². The number of fused-ring (bicyclic) bond motifs is 1. The van der Waals surface area contributed by atoms with Crippen LogP contribution in [0.15, 0.2) is 30.4 Å². The smallest absolute Gasteiger partial charge is 0.108 e. The van der Waals surface area contributed by atoms with E-state index in [9.17, 15) is 0 Å². The molecule has 0 fully saturated rings. The summed E-state index contributed by atoms with van der Waals surface area (Å²) >= 11 is 0. The maximum Gasteiger partial charge on any atom is 0.108 e. The molecule has 0 saturated heterocycles. The molecule has 2 rings (SSSR count). The van der Waals surface area contributed by atoms with Gasteiger partial charge in [-0.05, 0) is 36.6 Å². The molecule has 0 radical (unpaired) electrons. The molecule has 1 aromatic rings. The van der Waals surface area contributed by atoms with Gasteiger partial charge in [0.25, 0.3) is 0 Å². The Kier molecular flexibility index (Phi) is 2.87. The Hall–Kier alpha value is -1.12. The molecular weight excluding hydrogens is 200 g/mol. The molecule has 0 N–H and O–H groups in total. The average molecular weight is 218 g/mol. The van der Waals surface area contributed by atoms with E-state index in [2.05, 4.69) is 44.2 Å². The van der Waals surface area contributed by atoms with E-state index in [0.717, 1.165) is 0 Å². The van der Waals surface area contributed by atoms with Gasteiger partial charge in [-0.3, -0.25) is 0 Å². The van der Waals surface area contributed by atoms with E-state index in [-0.39, 0.29) is 11.7 Å². The van der Waals surface area contributed by atoms with Crippen molar-refractivity contribution < 1.29 is 9.47 Å². The van der Waals surface area contributed by atoms with Gasteiger partial charge in [0.15, 0.2) is 0 Å². The van der Waals surface area contributed by atoms with Crippen LogP contribution in [0.3, 0.4) is 0 Å². The van der Waals surface area contributed by atoms with Crippen LogP contribution < -0.4 is 0 Å². The molecule has 16 heavy (non-hydrogen) atoms. The molecule has 1 aromatic carbocycles. The molecule has 2 heteroatoms. The molecule has 2 nitrogen and oxygen atoms in total. The third-order valence-electron chi connectivity index (χ3n) is 3.41. The highest BCUT2D eigenvalue weighted by atomic mass is 16.5. The molecule has 0 aliphatic heterocycles. The molecular formula is C14H18O2. The molecule has 0 unspecified atom stereocenters. The van der Waals surface area contributed by atoms with Crippen molar-refractivity contribution in [2.24, 2.45) is 0 Å². The van der Waals surface area contributed by atoms with Crippen molar-refractivity contribution in [3.05, 3.63) is 47.0 Å². The highest BCUT2D eigenvalue weighted by molar-refractivity contribution is 5.46. The van der Waals surface area contributed by atoms with Gasteiger partial charge >= 0.3 is 0 Å². The summed E-state index contributed by atoms with van der Waals surface area (Å²) in [5, 5.41) is 0. The molecule has 1 aliphatic carbocycles. The lowest BCUT2D eigenvalue weighted by Crippen LogP contribution is -2.28. The zero-order chi connectivity index (χ0) is 11.8. The second kappa shape index (κ2) is 4.04. The summed E-state index contributed by atoms with van der Waals surface area (Å²) in [6.07, 6.45) is 4.18. The van der Waals surface area contributed by atoms with Crippen LogP contribution in [0.5, 0.6) is 0 Å². The van der Waals surface area contributed by atoms with E-state index in [1.165, 1.54) is 16.7 Å². The minimum Gasteiger partial charge on any atom is -0.373 e. The van der Waals surface area contributed by atoms with Crippen molar-refractivity contribution >= 4 is 0 Å². The predicted octanol–water partition coefficient (Wildman–Crippen LogP) is 3.11. The first-order valence-corrected chi connectivity index (χ1v) is 5.49. The van der Waals surface area contributed by atoms with E-state index < -0.39 is 0 Å². The van der Waals surface area contributed by atoms with Crippen molar-refractivity contribution in [3.8, 4) is 0 Å². The number of aryl methyl sites for hydroxylation is 1. The summed E-state index contributed by atoms with van der Waals surface area (Å²) in [5.41, 5.74) is 3.34. The minimum atomic E-state index is -0.337. The Morgan fingerprint density at radius 2 is 2.00 bits per heavy atom. The number of hydrogen-bond acceptors (Lipinski definition) is 2. The number of benzene rings is 1. The molecule has 0 saturated carbocycles. The van der Waals surface area contributed by atoms with Crippen LogP contribution in [0.1, 0.15) is 29.7 Å². The Labute approximate surface area is 96.9 Å². The fourth-order valence-corrected chi connectivity index (χ4v) is 2.32. The molecule has 0 aromatic heterocycles. The monoisotopic (exact) mass is 218 g/mol. The molecule has 1 aliphatic rings. The summed E-state index contributed by atoms with van der Waals surface area (Å²) in [7, 11) is 3.48. The van der Waals surface area contributed by atoms with Crippen LogP contribution >= 0.6 is 0 Å². The van der Waals surface area contributed by atoms with Crippen LogP contribution in [0.4, 0.5) is 0 Å². The zero-order valence-corrected chi connectivity index (χ0v) is 10.3. The topological polar surface area (TPSA) is 18.5 Å². The van der Waals surface area contributed by atoms with E-state index in [0.29, 0.717) is 0 Å². The van der Waals surface area contributed by atoms with Crippen molar-refractivity contribution in [1.82, 2.24) is 0 Å². The Bertz CT molecular complexity index is 423. The van der Waals surface area contributed by atoms with E-state index in [1.54, 1.807) is 14.2 Å². The average Bonchev–Trinajstić information content (AvgIpc) is 2.31. The summed E-state index contributed by atoms with van der Waals surface area (Å²) in [6.45, 7) is 4.19. The lowest BCUT2D eigenvalue weighted by molar-refractivity contribution is 0.0350. The lowest BCUT2D eigenvalue weighted by atomic mass is 9.82. The fourth-order valence-electron chi connectivity index (χ4n) is 2.32. The summed E-state index contributed by atoms with van der Waals surface area (Å²) in [5.74, 6) is 0. The summed E-state index contributed by atoms with van der Waals surface area (Å²) in [6, 6.07) is 6.29. The maximum atomic E-state index is 5.61. The standard InChI is InChI=1S/C14H18O2/c1-10-6-5-7-11-13(10)12(15-3)8-9-14(11,2)16-4/h5-9,12H,1-4H3/t12-,14+/m1/s1. The summed E-state index contributed by atoms with van der Waals surface area (Å²) in [4.78, 5) is 0. The van der Waals surface area contributed by atoms with Crippen molar-refractivity contribution in [1.29, 1.82) is 0 Å². The van der Waals surface area contributed by atoms with Gasteiger partial charge in [-0.15, -0.1) is 0 Å². The van der Waals surface area contributed by atoms with Gasteiger partial charge in [0.2, 0.25) is 0 Å². The molecule has 86 valence electrons. The lowest BCUT2D eigenvalue weighted by Gasteiger charge is -2.34. The SMILES string of the molecule is CO[C@@H]1C=C[C@](C)(OC)c2cccc(C)c21. The molecule has 0 spiro atoms. The molecule has 0 amide bonds. The normalized spacial score (nSPS) is 27.9. The second-order valence-electron chi connectivity index (χ2n) is 4.36. The van der Waals surface area contributed by atoms with Gasteiger partial charge in [-0.2, -0.15) is 0 Å². The highest BCUT2D eigenvalue weighted by Gasteiger charge is 2.32. The van der Waals surface area contributed by atoms with Crippen molar-refractivity contribution in [3.63, 3.8) is 0 Å². The Morgan fingerprint density at radius 3 is 2.62 bits per heavy atom. The third kappa shape index (κ3) is 1.58. The van der Waals surface area contributed by atoms with Crippen LogP contribution in [0, 0.1) is 6.92 Å². The van der Waals surface area contributed by atoms with Gasteiger partial charge in [0.1, 0.15) is 11.7 Å². The third-order valence-corrected chi connectivity index (χ3v) is 3.41. The number of hydrogen-bond donors (Lipinski definition) is 0. The van der Waals surface area contributed by atoms with Crippen LogP contribution in [-0.2, 0) is 15.1 Å². The number of rotatable bonds is 2. The van der Waals surface area contributed by atoms with Gasteiger partial charge in [-0.1, -0.05) is 24.3 Å². The first-order valence-electron chi connectivity index (χ1n) is 5.49. The molecule has 0 bridgehead atoms. The highest BCUT2D eigenvalue weighted by Crippen LogP contribution is 2.40. The first-order chi connectivity index (χ1) is 7.62. The van der Waals surface area contributed by atoms with E-state index in [4.69, 9.17) is 9.47 Å². The predicted molar refractivity (Wildman–Crippen MR) is 64.4 cm³/mol. The number of ether oxygens (including phenoxy) is 2. The summed E-state index contributed by atoms with van der Waals surface area (Å²) < 4.78 is 11.1. The van der Waals surface area contributed by atoms with E-state index in [1.807, 2.05) is 0 Å². The Balaban J connectivity index is 2.63. The minimum absolute atomic E-state index is 0.0411. The zero-order valence-electron chi connectivity index (χ0n) is 10.3. The largest absolute Gasteiger partial charge is 0.373 e. The molecule has 0 heterocycles. The number of methoxy groups -OCH3 is 2. The van der Waals surface area contributed by atoms with Gasteiger partial charge in [0, 0.05) is 14.2 Å². The second-order valence-corrected chi connectivity index (χ2v) is 4.36. The Morgan fingerprint density at radius 1 is 1.25 bits per heavy atom. The van der Waals surface area contributed by atoms with Crippen LogP contribution in [0.2, 0.25) is 0 Å². The van der Waals surface area contributed by atoms with Gasteiger partial charge < -0.3 is 9.47 Å². The van der Waals surface area contributed by atoms with Crippen LogP contribution in [-0.4, -0.2) is 14.2 Å². The fraction of sp³-hybridized carbons (Fsp3) is 0.429. The first kappa shape index (κ1) is 11.4. The quantitative estimate of drug-likeness (QED) is 0.710. The van der Waals surface area contributed by atoms with Crippen molar-refractivity contribution in [2.45, 2.75) is 25.6 Å². The molecule has 2 atom stereocenters.